The molecule has 1 fully saturated rings. The van der Waals surface area contributed by atoms with Crippen LogP contribution < -0.4 is 10.4 Å². The molecule has 0 aromatic heterocycles. The molecule has 3 nitrogen and oxygen atoms in total. The molecule has 2 aliphatic rings. The average molecular weight is 519 g/mol. The molecule has 1 heterocycles. The fourth-order valence-electron chi connectivity index (χ4n) is 6.36. The average Bonchev–Trinajstić information content (AvgIpc) is 2.85. The van der Waals surface area contributed by atoms with Gasteiger partial charge < -0.3 is 13.9 Å². The van der Waals surface area contributed by atoms with E-state index in [1.807, 2.05) is 0 Å². The summed E-state index contributed by atoms with van der Waals surface area (Å²) in [6.45, 7) is 23.9. The normalized spacial score (nSPS) is 24.6. The Morgan fingerprint density at radius 2 is 1.38 bits per heavy atom. The Kier molecular flexibility index (Phi) is 7.80. The number of hydrogen-bond acceptors (Lipinski definition) is 3. The molecule has 0 saturated carbocycles. The van der Waals surface area contributed by atoms with Gasteiger partial charge in [0, 0.05) is 5.41 Å². The fourth-order valence-corrected chi connectivity index (χ4v) is 11.1. The lowest BCUT2D eigenvalue weighted by molar-refractivity contribution is -0.210. The van der Waals surface area contributed by atoms with Crippen molar-refractivity contribution >= 4 is 18.7 Å². The van der Waals surface area contributed by atoms with E-state index >= 15 is 0 Å². The zero-order valence-corrected chi connectivity index (χ0v) is 25.1. The largest absolute Gasteiger partial charge is 0.401 e. The Balaban J connectivity index is 1.87. The highest BCUT2D eigenvalue weighted by Crippen LogP contribution is 2.50. The molecule has 0 spiro atoms. The third-order valence-electron chi connectivity index (χ3n) is 8.50. The molecule has 2 aromatic carbocycles. The summed E-state index contributed by atoms with van der Waals surface area (Å²) in [6, 6.07) is 21.8. The second-order valence-corrected chi connectivity index (χ2v) is 17.5. The maximum absolute atomic E-state index is 7.64. The number of allylic oxidation sites excluding steroid dienone is 1. The first-order chi connectivity index (χ1) is 17.3. The van der Waals surface area contributed by atoms with E-state index in [9.17, 15) is 0 Å². The highest BCUT2D eigenvalue weighted by atomic mass is 28.4. The molecular weight excluding hydrogens is 472 g/mol. The van der Waals surface area contributed by atoms with Crippen LogP contribution in [0, 0.1) is 16.7 Å². The van der Waals surface area contributed by atoms with Gasteiger partial charge in [-0.25, -0.2) is 0 Å². The van der Waals surface area contributed by atoms with Crippen LogP contribution in [0.2, 0.25) is 5.04 Å². The van der Waals surface area contributed by atoms with Crippen molar-refractivity contribution in [2.75, 3.05) is 13.2 Å². The number of rotatable bonds is 6. The van der Waals surface area contributed by atoms with Crippen molar-refractivity contribution in [2.45, 2.75) is 79.2 Å². The molecule has 0 unspecified atom stereocenters. The number of hydrogen-bond donors (Lipinski definition) is 0. The first kappa shape index (κ1) is 28.0. The lowest BCUT2D eigenvalue weighted by Gasteiger charge is -2.51. The molecule has 0 N–H and O–H groups in total. The number of ether oxygens (including phenoxy) is 2. The van der Waals surface area contributed by atoms with Crippen molar-refractivity contribution in [3.05, 3.63) is 84.5 Å². The monoisotopic (exact) mass is 518 g/mol. The smallest absolute Gasteiger partial charge is 0.261 e. The molecule has 0 amide bonds. The van der Waals surface area contributed by atoms with E-state index in [-0.39, 0.29) is 34.2 Å². The Morgan fingerprint density at radius 3 is 1.81 bits per heavy atom. The summed E-state index contributed by atoms with van der Waals surface area (Å²) in [5, 5.41) is 2.51. The maximum Gasteiger partial charge on any atom is 0.261 e. The molecule has 4 heteroatoms. The number of benzene rings is 2. The van der Waals surface area contributed by atoms with E-state index < -0.39 is 8.32 Å². The molecule has 37 heavy (non-hydrogen) atoms. The molecule has 0 bridgehead atoms. The van der Waals surface area contributed by atoms with Crippen molar-refractivity contribution in [3.8, 4) is 0 Å². The van der Waals surface area contributed by atoms with E-state index in [2.05, 4.69) is 129 Å². The Hall–Kier alpha value is -1.98. The molecule has 2 atom stereocenters. The van der Waals surface area contributed by atoms with Gasteiger partial charge in [-0.15, -0.1) is 6.58 Å². The summed E-state index contributed by atoms with van der Waals surface area (Å²) in [7, 11) is -2.72. The van der Waals surface area contributed by atoms with Crippen LogP contribution in [0.5, 0.6) is 0 Å². The van der Waals surface area contributed by atoms with Gasteiger partial charge in [0.2, 0.25) is 0 Å². The highest BCUT2D eigenvalue weighted by Gasteiger charge is 2.54. The first-order valence-electron chi connectivity index (χ1n) is 13.7. The molecule has 1 aliphatic heterocycles. The second-order valence-electron chi connectivity index (χ2n) is 13.3. The van der Waals surface area contributed by atoms with Gasteiger partial charge in [-0.2, -0.15) is 0 Å². The summed E-state index contributed by atoms with van der Waals surface area (Å²) in [6.07, 6.45) is 2.60. The lowest BCUT2D eigenvalue weighted by atomic mass is 9.64. The van der Waals surface area contributed by atoms with Crippen LogP contribution in [0.25, 0.3) is 0 Å². The molecule has 4 rings (SSSR count). The third kappa shape index (κ3) is 5.18. The minimum Gasteiger partial charge on any atom is -0.401 e. The molecule has 2 aromatic rings. The molecule has 0 radical (unpaired) electrons. The molecule has 200 valence electrons. The van der Waals surface area contributed by atoms with Crippen LogP contribution in [0.15, 0.2) is 84.5 Å². The van der Waals surface area contributed by atoms with Crippen LogP contribution in [0.4, 0.5) is 0 Å². The van der Waals surface area contributed by atoms with Crippen molar-refractivity contribution in [3.63, 3.8) is 0 Å². The minimum absolute atomic E-state index is 0.0203. The topological polar surface area (TPSA) is 27.7 Å². The maximum atomic E-state index is 7.64. The standard InChI is InChI=1S/C33H46O3Si/c1-10-25-21-28(24(2)29(33(25,8)9)30-34-22-32(6,7)23-35-30)36-37(31(3,4)5,26-17-13-11-14-18-26)27-19-15-12-16-20-27/h10-20,25,28,30H,1,21-23H2,2-9H3/t25-,28+/m1/s1. The third-order valence-corrected chi connectivity index (χ3v) is 13.5. The fraction of sp³-hybridized carbons (Fsp3) is 0.515. The zero-order chi connectivity index (χ0) is 27.1. The predicted octanol–water partition coefficient (Wildman–Crippen LogP) is 6.88. The van der Waals surface area contributed by atoms with Gasteiger partial charge in [-0.1, -0.05) is 115 Å². The molecular formula is C33H46O3Si. The SMILES string of the molecule is C=C[C@@H]1C[C@H](O[Si](c2ccccc2)(c2ccccc2)C(C)(C)C)C(C)=C(C2OCC(C)(C)CO2)C1(C)C. The van der Waals surface area contributed by atoms with Crippen molar-refractivity contribution in [2.24, 2.45) is 16.7 Å². The van der Waals surface area contributed by atoms with E-state index in [1.54, 1.807) is 0 Å². The van der Waals surface area contributed by atoms with Crippen LogP contribution in [-0.2, 0) is 13.9 Å². The van der Waals surface area contributed by atoms with Crippen LogP contribution in [0.1, 0.15) is 61.8 Å². The molecule has 1 saturated heterocycles. The minimum atomic E-state index is -2.72. The van der Waals surface area contributed by atoms with Gasteiger partial charge in [0.05, 0.1) is 19.3 Å². The summed E-state index contributed by atoms with van der Waals surface area (Å²) in [4.78, 5) is 0. The van der Waals surface area contributed by atoms with Gasteiger partial charge >= 0.3 is 0 Å². The highest BCUT2D eigenvalue weighted by molar-refractivity contribution is 6.99. The summed E-state index contributed by atoms with van der Waals surface area (Å²) in [5.74, 6) is 0.247. The van der Waals surface area contributed by atoms with Gasteiger partial charge in [-0.3, -0.25) is 0 Å². The van der Waals surface area contributed by atoms with Crippen molar-refractivity contribution in [1.82, 2.24) is 0 Å². The van der Waals surface area contributed by atoms with E-state index in [4.69, 9.17) is 13.9 Å². The van der Waals surface area contributed by atoms with Gasteiger partial charge in [0.15, 0.2) is 6.29 Å². The van der Waals surface area contributed by atoms with E-state index in [1.165, 1.54) is 21.5 Å². The van der Waals surface area contributed by atoms with E-state index in [0.29, 0.717) is 13.2 Å². The Labute approximate surface area is 226 Å². The van der Waals surface area contributed by atoms with Crippen molar-refractivity contribution < 1.29 is 13.9 Å². The van der Waals surface area contributed by atoms with Gasteiger partial charge in [-0.05, 0) is 51.2 Å². The molecule has 1 aliphatic carbocycles. The lowest BCUT2D eigenvalue weighted by Crippen LogP contribution is -2.68. The first-order valence-corrected chi connectivity index (χ1v) is 15.6. The van der Waals surface area contributed by atoms with Crippen LogP contribution in [-0.4, -0.2) is 33.9 Å². The van der Waals surface area contributed by atoms with E-state index in [0.717, 1.165) is 6.42 Å². The predicted molar refractivity (Wildman–Crippen MR) is 157 cm³/mol. The van der Waals surface area contributed by atoms with Gasteiger partial charge in [0.1, 0.15) is 0 Å². The summed E-state index contributed by atoms with van der Waals surface area (Å²) >= 11 is 0. The Bertz CT molecular complexity index is 1060. The zero-order valence-electron chi connectivity index (χ0n) is 24.1. The van der Waals surface area contributed by atoms with Gasteiger partial charge in [0.25, 0.3) is 8.32 Å². The van der Waals surface area contributed by atoms with Crippen molar-refractivity contribution in [1.29, 1.82) is 0 Å². The summed E-state index contributed by atoms with van der Waals surface area (Å²) < 4.78 is 20.4. The van der Waals surface area contributed by atoms with Crippen LogP contribution in [0.3, 0.4) is 0 Å². The quantitative estimate of drug-likeness (QED) is 0.308. The van der Waals surface area contributed by atoms with Crippen LogP contribution >= 0.6 is 0 Å². The Morgan fingerprint density at radius 1 is 0.892 bits per heavy atom. The second kappa shape index (κ2) is 10.3. The summed E-state index contributed by atoms with van der Waals surface area (Å²) in [5.41, 5.74) is 2.36.